The second kappa shape index (κ2) is 7.68. The largest absolute Gasteiger partial charge is 0.451 e. The molecule has 1 aliphatic carbocycles. The fraction of sp³-hybridized carbons (Fsp3) is 0.421. The summed E-state index contributed by atoms with van der Waals surface area (Å²) in [6.45, 7) is 0.811. The second-order valence-corrected chi connectivity index (χ2v) is 6.89. The number of anilines is 1. The topological polar surface area (TPSA) is 129 Å². The minimum absolute atomic E-state index is 0.274. The van der Waals surface area contributed by atoms with Gasteiger partial charge < -0.3 is 15.4 Å². The highest BCUT2D eigenvalue weighted by Gasteiger charge is 2.52. The van der Waals surface area contributed by atoms with Crippen molar-refractivity contribution < 1.29 is 23.9 Å². The lowest BCUT2D eigenvalue weighted by Crippen LogP contribution is -2.44. The van der Waals surface area contributed by atoms with Gasteiger partial charge in [-0.2, -0.15) is 5.26 Å². The predicted octanol–water partition coefficient (Wildman–Crippen LogP) is 1.29. The average molecular weight is 384 g/mol. The van der Waals surface area contributed by atoms with Crippen molar-refractivity contribution in [2.45, 2.75) is 44.2 Å². The number of rotatable bonds is 5. The van der Waals surface area contributed by atoms with Crippen LogP contribution in [-0.2, 0) is 19.1 Å². The van der Waals surface area contributed by atoms with Gasteiger partial charge >= 0.3 is 12.0 Å². The van der Waals surface area contributed by atoms with Crippen LogP contribution >= 0.6 is 0 Å². The molecule has 28 heavy (non-hydrogen) atoms. The summed E-state index contributed by atoms with van der Waals surface area (Å²) in [7, 11) is 0. The Labute approximate surface area is 161 Å². The lowest BCUT2D eigenvalue weighted by atomic mass is 9.98. The summed E-state index contributed by atoms with van der Waals surface area (Å²) < 4.78 is 5.06. The number of esters is 1. The van der Waals surface area contributed by atoms with Crippen LogP contribution < -0.4 is 10.6 Å². The van der Waals surface area contributed by atoms with Crippen LogP contribution in [0, 0.1) is 11.3 Å². The van der Waals surface area contributed by atoms with Gasteiger partial charge in [0.2, 0.25) is 0 Å². The van der Waals surface area contributed by atoms with Crippen LogP contribution in [0.25, 0.3) is 0 Å². The van der Waals surface area contributed by atoms with E-state index in [9.17, 15) is 19.2 Å². The Bertz CT molecular complexity index is 869. The molecule has 2 N–H and O–H groups in total. The summed E-state index contributed by atoms with van der Waals surface area (Å²) in [4.78, 5) is 49.8. The molecule has 0 bridgehead atoms. The summed E-state index contributed by atoms with van der Waals surface area (Å²) >= 11 is 0. The summed E-state index contributed by atoms with van der Waals surface area (Å²) in [5.41, 5.74) is -0.327. The number of ether oxygens (including phenoxy) is 1. The first-order valence-corrected chi connectivity index (χ1v) is 9.00. The monoisotopic (exact) mass is 384 g/mol. The zero-order valence-electron chi connectivity index (χ0n) is 15.4. The van der Waals surface area contributed by atoms with Crippen LogP contribution in [0.15, 0.2) is 24.3 Å². The number of nitriles is 1. The predicted molar refractivity (Wildman–Crippen MR) is 96.8 cm³/mol. The molecule has 4 amide bonds. The highest BCUT2D eigenvalue weighted by Crippen LogP contribution is 2.34. The van der Waals surface area contributed by atoms with E-state index in [-0.39, 0.29) is 5.56 Å². The molecule has 1 spiro atoms. The number of urea groups is 1. The minimum Gasteiger partial charge on any atom is -0.451 e. The van der Waals surface area contributed by atoms with E-state index in [1.807, 2.05) is 6.07 Å². The van der Waals surface area contributed by atoms with Crippen LogP contribution in [0.4, 0.5) is 10.5 Å². The average Bonchev–Trinajstić information content (AvgIpc) is 3.23. The van der Waals surface area contributed by atoms with Crippen molar-refractivity contribution in [3.8, 4) is 6.07 Å². The third-order valence-corrected chi connectivity index (χ3v) is 4.97. The minimum atomic E-state index is -1.17. The zero-order valence-corrected chi connectivity index (χ0v) is 15.4. The van der Waals surface area contributed by atoms with Crippen molar-refractivity contribution in [3.05, 3.63) is 29.8 Å². The Kier molecular flexibility index (Phi) is 5.31. The molecule has 1 aliphatic heterocycles. The van der Waals surface area contributed by atoms with Gasteiger partial charge in [-0.1, -0.05) is 25.0 Å². The van der Waals surface area contributed by atoms with E-state index in [2.05, 4.69) is 10.6 Å². The first kappa shape index (κ1) is 19.4. The van der Waals surface area contributed by atoms with Crippen molar-refractivity contribution in [2.75, 3.05) is 11.9 Å². The second-order valence-electron chi connectivity index (χ2n) is 6.89. The van der Waals surface area contributed by atoms with Gasteiger partial charge in [-0.05, 0) is 31.9 Å². The molecule has 146 valence electrons. The first-order valence-electron chi connectivity index (χ1n) is 9.00. The van der Waals surface area contributed by atoms with Gasteiger partial charge in [-0.3, -0.25) is 19.3 Å². The highest BCUT2D eigenvalue weighted by atomic mass is 16.5. The first-order chi connectivity index (χ1) is 13.4. The van der Waals surface area contributed by atoms with E-state index < -0.39 is 42.0 Å². The molecular weight excluding hydrogens is 364 g/mol. The van der Waals surface area contributed by atoms with Gasteiger partial charge in [0.25, 0.3) is 11.8 Å². The number of para-hydroxylation sites is 1. The summed E-state index contributed by atoms with van der Waals surface area (Å²) in [5, 5.41) is 14.2. The molecule has 0 radical (unpaired) electrons. The number of hydrogen-bond donors (Lipinski definition) is 2. The molecule has 1 heterocycles. The fourth-order valence-electron chi connectivity index (χ4n) is 3.48. The van der Waals surface area contributed by atoms with Crippen LogP contribution in [0.3, 0.4) is 0 Å². The Morgan fingerprint density at radius 1 is 1.32 bits per heavy atom. The highest BCUT2D eigenvalue weighted by molar-refractivity contribution is 6.09. The molecule has 1 saturated heterocycles. The number of carbonyl (C=O) groups is 4. The molecule has 0 unspecified atom stereocenters. The SMILES string of the molecule is C[C@H](OC(=O)CN1C(=O)NC2(CCCC2)C1=O)C(=O)Nc1ccccc1C#N. The number of hydrogen-bond acceptors (Lipinski definition) is 6. The Balaban J connectivity index is 1.57. The molecule has 1 aromatic carbocycles. The summed E-state index contributed by atoms with van der Waals surface area (Å²) in [6.07, 6.45) is 1.62. The molecule has 2 fully saturated rings. The van der Waals surface area contributed by atoms with Crippen molar-refractivity contribution >= 4 is 29.5 Å². The smallest absolute Gasteiger partial charge is 0.327 e. The van der Waals surface area contributed by atoms with E-state index in [1.165, 1.54) is 6.92 Å². The molecule has 3 rings (SSSR count). The number of nitrogens with one attached hydrogen (secondary N) is 2. The van der Waals surface area contributed by atoms with Gasteiger partial charge in [-0.25, -0.2) is 4.79 Å². The van der Waals surface area contributed by atoms with Gasteiger partial charge in [0.1, 0.15) is 18.2 Å². The number of carbonyl (C=O) groups excluding carboxylic acids is 4. The molecular formula is C19H20N4O5. The zero-order chi connectivity index (χ0) is 20.3. The molecule has 0 aromatic heterocycles. The van der Waals surface area contributed by atoms with Crippen LogP contribution in [-0.4, -0.2) is 46.9 Å². The normalized spacial score (nSPS) is 18.5. The number of amides is 4. The van der Waals surface area contributed by atoms with Gasteiger partial charge in [0.15, 0.2) is 6.10 Å². The van der Waals surface area contributed by atoms with E-state index in [0.29, 0.717) is 18.5 Å². The van der Waals surface area contributed by atoms with Crippen molar-refractivity contribution in [3.63, 3.8) is 0 Å². The van der Waals surface area contributed by atoms with E-state index in [1.54, 1.807) is 24.3 Å². The lowest BCUT2D eigenvalue weighted by Gasteiger charge is -2.20. The maximum Gasteiger partial charge on any atom is 0.327 e. The molecule has 1 aromatic rings. The van der Waals surface area contributed by atoms with Gasteiger partial charge in [-0.15, -0.1) is 0 Å². The van der Waals surface area contributed by atoms with E-state index in [0.717, 1.165) is 17.7 Å². The van der Waals surface area contributed by atoms with Crippen molar-refractivity contribution in [1.82, 2.24) is 10.2 Å². The molecule has 1 atom stereocenters. The molecule has 9 nitrogen and oxygen atoms in total. The van der Waals surface area contributed by atoms with E-state index >= 15 is 0 Å². The van der Waals surface area contributed by atoms with Gasteiger partial charge in [0, 0.05) is 0 Å². The summed E-state index contributed by atoms with van der Waals surface area (Å²) in [6, 6.07) is 7.75. The van der Waals surface area contributed by atoms with Crippen molar-refractivity contribution in [2.24, 2.45) is 0 Å². The molecule has 1 saturated carbocycles. The third kappa shape index (κ3) is 3.67. The molecule has 9 heteroatoms. The maximum absolute atomic E-state index is 12.5. The van der Waals surface area contributed by atoms with Crippen LogP contribution in [0.5, 0.6) is 0 Å². The Morgan fingerprint density at radius 2 is 2.00 bits per heavy atom. The lowest BCUT2D eigenvalue weighted by molar-refractivity contribution is -0.155. The number of nitrogens with zero attached hydrogens (tertiary/aromatic N) is 2. The summed E-state index contributed by atoms with van der Waals surface area (Å²) in [5.74, 6) is -1.91. The molecule has 2 aliphatic rings. The van der Waals surface area contributed by atoms with Crippen molar-refractivity contribution in [1.29, 1.82) is 5.26 Å². The third-order valence-electron chi connectivity index (χ3n) is 4.97. The van der Waals surface area contributed by atoms with E-state index in [4.69, 9.17) is 10.00 Å². The maximum atomic E-state index is 12.5. The Morgan fingerprint density at radius 3 is 2.68 bits per heavy atom. The fourth-order valence-corrected chi connectivity index (χ4v) is 3.48. The van der Waals surface area contributed by atoms with Crippen LogP contribution in [0.1, 0.15) is 38.2 Å². The number of imide groups is 1. The Hall–Kier alpha value is -3.41. The van der Waals surface area contributed by atoms with Crippen LogP contribution in [0.2, 0.25) is 0 Å². The van der Waals surface area contributed by atoms with Gasteiger partial charge in [0.05, 0.1) is 11.3 Å². The number of benzene rings is 1. The standard InChI is InChI=1S/C19H20N4O5/c1-12(16(25)21-14-7-3-2-6-13(14)10-20)28-15(24)11-23-17(26)19(22-18(23)27)8-4-5-9-19/h2-3,6-7,12H,4-5,8-9,11H2,1H3,(H,21,25)(H,22,27)/t12-/m0/s1. The quantitative estimate of drug-likeness (QED) is 0.581.